The highest BCUT2D eigenvalue weighted by atomic mass is 35.5. The Kier molecular flexibility index (Phi) is 4.14. The van der Waals surface area contributed by atoms with Crippen LogP contribution in [-0.4, -0.2) is 6.54 Å². The van der Waals surface area contributed by atoms with E-state index >= 15 is 0 Å². The summed E-state index contributed by atoms with van der Waals surface area (Å²) in [6, 6.07) is 7.63. The van der Waals surface area contributed by atoms with Crippen LogP contribution in [0.5, 0.6) is 0 Å². The zero-order chi connectivity index (χ0) is 13.0. The van der Waals surface area contributed by atoms with Gasteiger partial charge in [0.1, 0.15) is 6.07 Å². The van der Waals surface area contributed by atoms with Crippen LogP contribution in [-0.2, 0) is 0 Å². The second-order valence-electron chi connectivity index (χ2n) is 5.53. The second kappa shape index (κ2) is 5.63. The maximum atomic E-state index is 9.10. The van der Waals surface area contributed by atoms with Gasteiger partial charge in [0.25, 0.3) is 0 Å². The molecular formula is C15H19ClN2. The minimum Gasteiger partial charge on any atom is -0.383 e. The Bertz CT molecular complexity index is 456. The summed E-state index contributed by atoms with van der Waals surface area (Å²) in [5.74, 6) is 0. The summed E-state index contributed by atoms with van der Waals surface area (Å²) >= 11 is 5.89. The van der Waals surface area contributed by atoms with E-state index in [2.05, 4.69) is 18.3 Å². The van der Waals surface area contributed by atoms with Crippen LogP contribution >= 0.6 is 11.6 Å². The van der Waals surface area contributed by atoms with E-state index in [0.717, 1.165) is 12.2 Å². The number of benzene rings is 1. The smallest absolute Gasteiger partial charge is 0.101 e. The van der Waals surface area contributed by atoms with Gasteiger partial charge in [-0.3, -0.25) is 0 Å². The summed E-state index contributed by atoms with van der Waals surface area (Å²) in [7, 11) is 0. The summed E-state index contributed by atoms with van der Waals surface area (Å²) < 4.78 is 0. The number of halogens is 1. The van der Waals surface area contributed by atoms with E-state index in [1.165, 1.54) is 32.1 Å². The van der Waals surface area contributed by atoms with Crippen LogP contribution in [0.1, 0.15) is 44.6 Å². The average Bonchev–Trinajstić information content (AvgIpc) is 2.38. The monoisotopic (exact) mass is 262 g/mol. The molecule has 0 bridgehead atoms. The molecule has 1 aromatic carbocycles. The van der Waals surface area contributed by atoms with Crippen molar-refractivity contribution in [2.75, 3.05) is 11.9 Å². The number of rotatable bonds is 3. The van der Waals surface area contributed by atoms with Gasteiger partial charge in [-0.2, -0.15) is 5.26 Å². The molecule has 0 radical (unpaired) electrons. The van der Waals surface area contributed by atoms with E-state index in [-0.39, 0.29) is 0 Å². The lowest BCUT2D eigenvalue weighted by Crippen LogP contribution is -2.29. The predicted octanol–water partition coefficient (Wildman–Crippen LogP) is 4.59. The first-order chi connectivity index (χ1) is 8.63. The van der Waals surface area contributed by atoms with Gasteiger partial charge in [-0.1, -0.05) is 37.8 Å². The first-order valence-corrected chi connectivity index (χ1v) is 6.94. The van der Waals surface area contributed by atoms with Crippen LogP contribution in [0.4, 0.5) is 5.69 Å². The summed E-state index contributed by atoms with van der Waals surface area (Å²) in [5, 5.41) is 13.1. The minimum atomic E-state index is 0.366. The molecule has 2 rings (SSSR count). The van der Waals surface area contributed by atoms with Gasteiger partial charge < -0.3 is 5.32 Å². The Labute approximate surface area is 114 Å². The number of hydrogen-bond donors (Lipinski definition) is 1. The third kappa shape index (κ3) is 3.17. The standard InChI is InChI=1S/C15H19ClN2/c1-15(7-3-2-4-8-15)11-18-14-6-5-13(16)9-12(14)10-17/h5-6,9,18H,2-4,7-8,11H2,1H3. The third-order valence-electron chi connectivity index (χ3n) is 3.87. The first-order valence-electron chi connectivity index (χ1n) is 6.56. The van der Waals surface area contributed by atoms with Crippen molar-refractivity contribution in [3.8, 4) is 6.07 Å². The largest absolute Gasteiger partial charge is 0.383 e. The predicted molar refractivity (Wildman–Crippen MR) is 75.8 cm³/mol. The molecule has 0 unspecified atom stereocenters. The van der Waals surface area contributed by atoms with E-state index in [1.807, 2.05) is 12.1 Å². The maximum Gasteiger partial charge on any atom is 0.101 e. The second-order valence-corrected chi connectivity index (χ2v) is 5.96. The Morgan fingerprint density at radius 1 is 1.33 bits per heavy atom. The van der Waals surface area contributed by atoms with Gasteiger partial charge in [0.05, 0.1) is 11.3 Å². The zero-order valence-electron chi connectivity index (χ0n) is 10.8. The summed E-state index contributed by atoms with van der Waals surface area (Å²) in [5.41, 5.74) is 1.89. The van der Waals surface area contributed by atoms with Crippen molar-refractivity contribution in [3.63, 3.8) is 0 Å². The Morgan fingerprint density at radius 3 is 2.72 bits per heavy atom. The molecule has 1 aliphatic carbocycles. The summed E-state index contributed by atoms with van der Waals surface area (Å²) in [4.78, 5) is 0. The van der Waals surface area contributed by atoms with Crippen molar-refractivity contribution < 1.29 is 0 Å². The number of anilines is 1. The molecule has 0 spiro atoms. The van der Waals surface area contributed by atoms with E-state index in [9.17, 15) is 0 Å². The number of nitrogens with one attached hydrogen (secondary N) is 1. The van der Waals surface area contributed by atoms with Gasteiger partial charge in [-0.25, -0.2) is 0 Å². The van der Waals surface area contributed by atoms with Gasteiger partial charge >= 0.3 is 0 Å². The topological polar surface area (TPSA) is 35.8 Å². The molecule has 0 heterocycles. The fraction of sp³-hybridized carbons (Fsp3) is 0.533. The highest BCUT2D eigenvalue weighted by molar-refractivity contribution is 6.30. The molecular weight excluding hydrogens is 244 g/mol. The fourth-order valence-electron chi connectivity index (χ4n) is 2.65. The zero-order valence-corrected chi connectivity index (χ0v) is 11.6. The molecule has 0 amide bonds. The van der Waals surface area contributed by atoms with Crippen LogP contribution < -0.4 is 5.32 Å². The SMILES string of the molecule is CC1(CNc2ccc(Cl)cc2C#N)CCCCC1. The normalized spacial score (nSPS) is 18.1. The van der Waals surface area contributed by atoms with E-state index in [4.69, 9.17) is 16.9 Å². The molecule has 0 saturated heterocycles. The molecule has 1 N–H and O–H groups in total. The number of nitriles is 1. The van der Waals surface area contributed by atoms with Gasteiger partial charge in [-0.15, -0.1) is 0 Å². The molecule has 1 saturated carbocycles. The van der Waals surface area contributed by atoms with Crippen molar-refractivity contribution in [2.45, 2.75) is 39.0 Å². The van der Waals surface area contributed by atoms with E-state index in [1.54, 1.807) is 6.07 Å². The summed E-state index contributed by atoms with van der Waals surface area (Å²) in [6.45, 7) is 3.27. The Morgan fingerprint density at radius 2 is 2.06 bits per heavy atom. The molecule has 0 atom stereocenters. The minimum absolute atomic E-state index is 0.366. The third-order valence-corrected chi connectivity index (χ3v) is 4.10. The Balaban J connectivity index is 2.04. The highest BCUT2D eigenvalue weighted by Gasteiger charge is 2.26. The quantitative estimate of drug-likeness (QED) is 0.865. The van der Waals surface area contributed by atoms with Crippen molar-refractivity contribution in [3.05, 3.63) is 28.8 Å². The van der Waals surface area contributed by atoms with Crippen LogP contribution in [0.3, 0.4) is 0 Å². The molecule has 96 valence electrons. The van der Waals surface area contributed by atoms with Crippen molar-refractivity contribution in [1.82, 2.24) is 0 Å². The number of hydrogen-bond acceptors (Lipinski definition) is 2. The molecule has 0 aliphatic heterocycles. The summed E-state index contributed by atoms with van der Waals surface area (Å²) in [6.07, 6.45) is 6.55. The lowest BCUT2D eigenvalue weighted by Gasteiger charge is -2.34. The highest BCUT2D eigenvalue weighted by Crippen LogP contribution is 2.36. The lowest BCUT2D eigenvalue weighted by atomic mass is 9.75. The molecule has 2 nitrogen and oxygen atoms in total. The molecule has 1 aromatic rings. The van der Waals surface area contributed by atoms with Crippen LogP contribution in [0, 0.1) is 16.7 Å². The van der Waals surface area contributed by atoms with Gasteiger partial charge in [-0.05, 0) is 36.5 Å². The Hall–Kier alpha value is -1.20. The number of nitrogens with zero attached hydrogens (tertiary/aromatic N) is 1. The van der Waals surface area contributed by atoms with Gasteiger partial charge in [0.15, 0.2) is 0 Å². The molecule has 18 heavy (non-hydrogen) atoms. The van der Waals surface area contributed by atoms with Crippen LogP contribution in [0.25, 0.3) is 0 Å². The van der Waals surface area contributed by atoms with Crippen molar-refractivity contribution in [2.24, 2.45) is 5.41 Å². The van der Waals surface area contributed by atoms with Crippen molar-refractivity contribution >= 4 is 17.3 Å². The molecule has 1 fully saturated rings. The van der Waals surface area contributed by atoms with Crippen molar-refractivity contribution in [1.29, 1.82) is 5.26 Å². The molecule has 1 aliphatic rings. The van der Waals surface area contributed by atoms with E-state index < -0.39 is 0 Å². The molecule has 3 heteroatoms. The molecule has 0 aromatic heterocycles. The average molecular weight is 263 g/mol. The van der Waals surface area contributed by atoms with E-state index in [0.29, 0.717) is 16.0 Å². The van der Waals surface area contributed by atoms with Crippen LogP contribution in [0.2, 0.25) is 5.02 Å². The van der Waals surface area contributed by atoms with Gasteiger partial charge in [0, 0.05) is 11.6 Å². The fourth-order valence-corrected chi connectivity index (χ4v) is 2.83. The lowest BCUT2D eigenvalue weighted by molar-refractivity contribution is 0.233. The first kappa shape index (κ1) is 13.2. The van der Waals surface area contributed by atoms with Crippen LogP contribution in [0.15, 0.2) is 18.2 Å². The van der Waals surface area contributed by atoms with Gasteiger partial charge in [0.2, 0.25) is 0 Å². The maximum absolute atomic E-state index is 9.10.